The highest BCUT2D eigenvalue weighted by atomic mass is 19.1. The van der Waals surface area contributed by atoms with Crippen LogP contribution in [0.4, 0.5) is 21.6 Å². The predicted octanol–water partition coefficient (Wildman–Crippen LogP) is 2.82. The number of nitrogens with one attached hydrogen (secondary N) is 2. The molecule has 4 N–H and O–H groups in total. The second-order valence-electron chi connectivity index (χ2n) is 6.75. The molecule has 0 unspecified atom stereocenters. The summed E-state index contributed by atoms with van der Waals surface area (Å²) in [7, 11) is 0. The molecule has 29 heavy (non-hydrogen) atoms. The zero-order valence-corrected chi connectivity index (χ0v) is 16.3. The SMILES string of the molecule is Cc1ccc(NC(=O)Cn2nnc(C(=O)Nc3ccc(C)c(F)c3)c2N)cc1C. The number of nitrogens with two attached hydrogens (primary N) is 1. The highest BCUT2D eigenvalue weighted by Crippen LogP contribution is 2.17. The fourth-order valence-electron chi connectivity index (χ4n) is 2.62. The van der Waals surface area contributed by atoms with E-state index in [1.165, 1.54) is 6.07 Å². The van der Waals surface area contributed by atoms with E-state index in [4.69, 9.17) is 5.73 Å². The van der Waals surface area contributed by atoms with E-state index in [-0.39, 0.29) is 29.7 Å². The van der Waals surface area contributed by atoms with E-state index in [0.29, 0.717) is 11.3 Å². The normalized spacial score (nSPS) is 10.6. The number of hydrogen-bond donors (Lipinski definition) is 3. The molecular formula is C20H21FN6O2. The van der Waals surface area contributed by atoms with Gasteiger partial charge in [0, 0.05) is 11.4 Å². The van der Waals surface area contributed by atoms with Gasteiger partial charge in [-0.2, -0.15) is 0 Å². The van der Waals surface area contributed by atoms with Crippen molar-refractivity contribution in [1.82, 2.24) is 15.0 Å². The molecule has 0 bridgehead atoms. The highest BCUT2D eigenvalue weighted by molar-refractivity contribution is 6.05. The largest absolute Gasteiger partial charge is 0.382 e. The first-order valence-corrected chi connectivity index (χ1v) is 8.88. The third kappa shape index (κ3) is 4.57. The van der Waals surface area contributed by atoms with Gasteiger partial charge in [-0.1, -0.05) is 17.3 Å². The molecule has 0 radical (unpaired) electrons. The molecule has 0 aliphatic rings. The zero-order valence-electron chi connectivity index (χ0n) is 16.3. The maximum Gasteiger partial charge on any atom is 0.280 e. The molecule has 0 aliphatic heterocycles. The molecular weight excluding hydrogens is 375 g/mol. The molecule has 1 heterocycles. The van der Waals surface area contributed by atoms with Crippen LogP contribution >= 0.6 is 0 Å². The van der Waals surface area contributed by atoms with Crippen molar-refractivity contribution in [3.05, 3.63) is 64.6 Å². The van der Waals surface area contributed by atoms with Gasteiger partial charge in [0.25, 0.3) is 5.91 Å². The summed E-state index contributed by atoms with van der Waals surface area (Å²) in [5.41, 5.74) is 9.32. The lowest BCUT2D eigenvalue weighted by Crippen LogP contribution is -2.21. The Morgan fingerprint density at radius 2 is 1.66 bits per heavy atom. The molecule has 0 saturated heterocycles. The lowest BCUT2D eigenvalue weighted by molar-refractivity contribution is -0.116. The Morgan fingerprint density at radius 3 is 2.31 bits per heavy atom. The highest BCUT2D eigenvalue weighted by Gasteiger charge is 2.19. The summed E-state index contributed by atoms with van der Waals surface area (Å²) >= 11 is 0. The smallest absolute Gasteiger partial charge is 0.280 e. The fraction of sp³-hybridized carbons (Fsp3) is 0.200. The molecule has 1 aromatic heterocycles. The Kier molecular flexibility index (Phi) is 5.58. The summed E-state index contributed by atoms with van der Waals surface area (Å²) in [6.07, 6.45) is 0. The molecule has 3 aromatic rings. The van der Waals surface area contributed by atoms with Crippen LogP contribution in [0.1, 0.15) is 27.2 Å². The van der Waals surface area contributed by atoms with Crippen molar-refractivity contribution in [2.24, 2.45) is 0 Å². The van der Waals surface area contributed by atoms with Crippen LogP contribution in [0.2, 0.25) is 0 Å². The number of halogens is 1. The number of rotatable bonds is 5. The van der Waals surface area contributed by atoms with E-state index in [1.807, 2.05) is 26.0 Å². The second kappa shape index (κ2) is 8.09. The monoisotopic (exact) mass is 396 g/mol. The van der Waals surface area contributed by atoms with Crippen LogP contribution in [0.5, 0.6) is 0 Å². The van der Waals surface area contributed by atoms with Gasteiger partial charge >= 0.3 is 0 Å². The minimum absolute atomic E-state index is 0.0645. The standard InChI is InChI=1S/C20H21FN6O2/c1-11-4-6-14(8-13(11)3)23-17(28)10-27-19(22)18(25-26-27)20(29)24-15-7-5-12(2)16(21)9-15/h4-9H,10,22H2,1-3H3,(H,23,28)(H,24,29). The topological polar surface area (TPSA) is 115 Å². The number of nitrogen functional groups attached to an aromatic ring is 1. The van der Waals surface area contributed by atoms with Crippen LogP contribution in [0.15, 0.2) is 36.4 Å². The third-order valence-electron chi connectivity index (χ3n) is 4.50. The Morgan fingerprint density at radius 1 is 1.00 bits per heavy atom. The molecule has 9 heteroatoms. The Balaban J connectivity index is 1.67. The van der Waals surface area contributed by atoms with Crippen LogP contribution in [0.25, 0.3) is 0 Å². The maximum absolute atomic E-state index is 13.6. The first kappa shape index (κ1) is 20.0. The van der Waals surface area contributed by atoms with Gasteiger partial charge in [0.2, 0.25) is 5.91 Å². The summed E-state index contributed by atoms with van der Waals surface area (Å²) in [5.74, 6) is -1.52. The Bertz CT molecular complexity index is 1090. The van der Waals surface area contributed by atoms with Gasteiger partial charge in [0.05, 0.1) is 0 Å². The van der Waals surface area contributed by atoms with Crippen LogP contribution < -0.4 is 16.4 Å². The van der Waals surface area contributed by atoms with Gasteiger partial charge in [0.15, 0.2) is 11.5 Å². The van der Waals surface area contributed by atoms with Crippen LogP contribution in [0.3, 0.4) is 0 Å². The Hall–Kier alpha value is -3.75. The van der Waals surface area contributed by atoms with E-state index in [9.17, 15) is 14.0 Å². The molecule has 0 fully saturated rings. The third-order valence-corrected chi connectivity index (χ3v) is 4.50. The van der Waals surface area contributed by atoms with Crippen molar-refractivity contribution in [3.63, 3.8) is 0 Å². The minimum Gasteiger partial charge on any atom is -0.382 e. The van der Waals surface area contributed by atoms with Crippen molar-refractivity contribution in [3.8, 4) is 0 Å². The number of carbonyl (C=O) groups is 2. The van der Waals surface area contributed by atoms with Crippen LogP contribution in [0, 0.1) is 26.6 Å². The first-order valence-electron chi connectivity index (χ1n) is 8.88. The quantitative estimate of drug-likeness (QED) is 0.613. The van der Waals surface area contributed by atoms with Crippen molar-refractivity contribution < 1.29 is 14.0 Å². The molecule has 0 spiro atoms. The van der Waals surface area contributed by atoms with Gasteiger partial charge < -0.3 is 16.4 Å². The minimum atomic E-state index is -0.647. The molecule has 2 amide bonds. The summed E-state index contributed by atoms with van der Waals surface area (Å²) in [5, 5.41) is 12.8. The van der Waals surface area contributed by atoms with E-state index in [1.54, 1.807) is 25.1 Å². The average Bonchev–Trinajstić information content (AvgIpc) is 3.02. The number of aryl methyl sites for hydroxylation is 3. The summed E-state index contributed by atoms with van der Waals surface area (Å²) in [4.78, 5) is 24.6. The predicted molar refractivity (Wildman–Crippen MR) is 108 cm³/mol. The lowest BCUT2D eigenvalue weighted by atomic mass is 10.1. The second-order valence-corrected chi connectivity index (χ2v) is 6.75. The van der Waals surface area contributed by atoms with Crippen molar-refractivity contribution in [2.75, 3.05) is 16.4 Å². The molecule has 150 valence electrons. The maximum atomic E-state index is 13.6. The van der Waals surface area contributed by atoms with Crippen molar-refractivity contribution in [1.29, 1.82) is 0 Å². The average molecular weight is 396 g/mol. The number of nitrogens with zero attached hydrogens (tertiary/aromatic N) is 3. The number of aromatic nitrogens is 3. The number of benzene rings is 2. The van der Waals surface area contributed by atoms with Gasteiger partial charge in [-0.3, -0.25) is 9.59 Å². The van der Waals surface area contributed by atoms with Crippen LogP contribution in [-0.4, -0.2) is 26.8 Å². The summed E-state index contributed by atoms with van der Waals surface area (Å²) in [6, 6.07) is 9.87. The molecule has 0 atom stereocenters. The summed E-state index contributed by atoms with van der Waals surface area (Å²) < 4.78 is 14.8. The number of carbonyl (C=O) groups excluding carboxylic acids is 2. The van der Waals surface area contributed by atoms with Gasteiger partial charge in [-0.25, -0.2) is 9.07 Å². The van der Waals surface area contributed by atoms with Gasteiger partial charge in [-0.05, 0) is 61.7 Å². The molecule has 8 nitrogen and oxygen atoms in total. The number of anilines is 3. The molecule has 2 aromatic carbocycles. The van der Waals surface area contributed by atoms with Crippen molar-refractivity contribution >= 4 is 29.0 Å². The Labute approximate surface area is 166 Å². The number of hydrogen-bond acceptors (Lipinski definition) is 5. The van der Waals surface area contributed by atoms with Crippen molar-refractivity contribution in [2.45, 2.75) is 27.3 Å². The lowest BCUT2D eigenvalue weighted by Gasteiger charge is -2.08. The van der Waals surface area contributed by atoms with E-state index in [2.05, 4.69) is 20.9 Å². The van der Waals surface area contributed by atoms with E-state index < -0.39 is 11.7 Å². The van der Waals surface area contributed by atoms with E-state index in [0.717, 1.165) is 15.8 Å². The first-order chi connectivity index (χ1) is 13.7. The molecule has 3 rings (SSSR count). The van der Waals surface area contributed by atoms with Gasteiger partial charge in [-0.15, -0.1) is 5.10 Å². The zero-order chi connectivity index (χ0) is 21.1. The van der Waals surface area contributed by atoms with Gasteiger partial charge in [0.1, 0.15) is 12.4 Å². The molecule has 0 saturated carbocycles. The number of amides is 2. The van der Waals surface area contributed by atoms with E-state index >= 15 is 0 Å². The van der Waals surface area contributed by atoms with Crippen LogP contribution in [-0.2, 0) is 11.3 Å². The molecule has 0 aliphatic carbocycles. The fourth-order valence-corrected chi connectivity index (χ4v) is 2.62. The summed E-state index contributed by atoms with van der Waals surface area (Å²) in [6.45, 7) is 5.34.